The van der Waals surface area contributed by atoms with Gasteiger partial charge in [-0.3, -0.25) is 9.59 Å². The van der Waals surface area contributed by atoms with Gasteiger partial charge < -0.3 is 5.32 Å². The molecule has 0 saturated carbocycles. The van der Waals surface area contributed by atoms with E-state index in [0.29, 0.717) is 17.7 Å². The van der Waals surface area contributed by atoms with Crippen molar-refractivity contribution >= 4 is 17.9 Å². The Balaban J connectivity index is 2.55. The van der Waals surface area contributed by atoms with E-state index in [1.165, 1.54) is 6.92 Å². The van der Waals surface area contributed by atoms with Gasteiger partial charge in [0.2, 0.25) is 5.91 Å². The maximum atomic E-state index is 11.2. The molecular weight excluding hydrogens is 268 g/mol. The smallest absolute Gasteiger partial charge is 0.221 e. The van der Waals surface area contributed by atoms with Gasteiger partial charge in [0, 0.05) is 18.0 Å². The number of hydrogen-bond acceptors (Lipinski definition) is 4. The number of amides is 1. The zero-order chi connectivity index (χ0) is 15.6. The molecule has 6 heteroatoms. The number of nitrogens with one attached hydrogen (secondary N) is 1. The minimum atomic E-state index is -0.288. The normalized spacial score (nSPS) is 11.2. The van der Waals surface area contributed by atoms with Gasteiger partial charge in [0.15, 0.2) is 6.29 Å². The first-order chi connectivity index (χ1) is 9.82. The summed E-state index contributed by atoms with van der Waals surface area (Å²) in [6, 6.07) is 7.25. The maximum absolute atomic E-state index is 11.2. The molecule has 1 amide bonds. The van der Waals surface area contributed by atoms with E-state index < -0.39 is 0 Å². The van der Waals surface area contributed by atoms with Crippen LogP contribution in [0.2, 0.25) is 0 Å². The number of nitrogens with zero attached hydrogens (tertiary/aromatic N) is 3. The third kappa shape index (κ3) is 3.16. The van der Waals surface area contributed by atoms with Crippen LogP contribution in [-0.4, -0.2) is 27.2 Å². The van der Waals surface area contributed by atoms with Gasteiger partial charge in [0.25, 0.3) is 0 Å². The zero-order valence-corrected chi connectivity index (χ0v) is 12.5. The van der Waals surface area contributed by atoms with Crippen molar-refractivity contribution in [2.45, 2.75) is 33.1 Å². The van der Waals surface area contributed by atoms with Crippen molar-refractivity contribution in [2.75, 3.05) is 5.32 Å². The van der Waals surface area contributed by atoms with E-state index in [1.807, 2.05) is 32.9 Å². The summed E-state index contributed by atoms with van der Waals surface area (Å²) >= 11 is 0. The summed E-state index contributed by atoms with van der Waals surface area (Å²) in [5.74, 6) is -0.143. The average molecular weight is 286 g/mol. The SMILES string of the molecule is CC(=O)Nc1cccc(-n2nnc(C=O)c2C(C)(C)C)c1. The summed E-state index contributed by atoms with van der Waals surface area (Å²) in [4.78, 5) is 22.3. The summed E-state index contributed by atoms with van der Waals surface area (Å²) in [5, 5.41) is 10.7. The van der Waals surface area contributed by atoms with Crippen molar-refractivity contribution in [3.05, 3.63) is 35.7 Å². The van der Waals surface area contributed by atoms with Crippen LogP contribution in [0.4, 0.5) is 5.69 Å². The lowest BCUT2D eigenvalue weighted by Crippen LogP contribution is -2.19. The number of hydrogen-bond donors (Lipinski definition) is 1. The van der Waals surface area contributed by atoms with Gasteiger partial charge in [0.05, 0.1) is 11.4 Å². The molecule has 1 N–H and O–H groups in total. The van der Waals surface area contributed by atoms with Crippen molar-refractivity contribution in [3.8, 4) is 5.69 Å². The summed E-state index contributed by atoms with van der Waals surface area (Å²) in [7, 11) is 0. The fourth-order valence-corrected chi connectivity index (χ4v) is 2.17. The van der Waals surface area contributed by atoms with Crippen LogP contribution in [0.15, 0.2) is 24.3 Å². The Morgan fingerprint density at radius 1 is 1.33 bits per heavy atom. The Morgan fingerprint density at radius 2 is 2.05 bits per heavy atom. The molecule has 1 aromatic carbocycles. The predicted molar refractivity (Wildman–Crippen MR) is 79.8 cm³/mol. The lowest BCUT2D eigenvalue weighted by atomic mass is 9.90. The lowest BCUT2D eigenvalue weighted by Gasteiger charge is -2.20. The monoisotopic (exact) mass is 286 g/mol. The molecule has 0 unspecified atom stereocenters. The molecule has 0 aliphatic rings. The van der Waals surface area contributed by atoms with E-state index in [-0.39, 0.29) is 11.3 Å². The number of carbonyl (C=O) groups excluding carboxylic acids is 2. The fourth-order valence-electron chi connectivity index (χ4n) is 2.17. The third-order valence-electron chi connectivity index (χ3n) is 2.93. The van der Waals surface area contributed by atoms with Gasteiger partial charge in [0.1, 0.15) is 5.69 Å². The standard InChI is InChI=1S/C15H18N4O2/c1-10(21)16-11-6-5-7-12(8-11)19-14(15(2,3)4)13(9-20)17-18-19/h5-9H,1-4H3,(H,16,21). The van der Waals surface area contributed by atoms with E-state index in [2.05, 4.69) is 15.6 Å². The summed E-state index contributed by atoms with van der Waals surface area (Å²) in [5.41, 5.74) is 2.18. The number of anilines is 1. The van der Waals surface area contributed by atoms with Crippen molar-refractivity contribution in [1.82, 2.24) is 15.0 Å². The molecule has 1 heterocycles. The van der Waals surface area contributed by atoms with Gasteiger partial charge in [-0.05, 0) is 18.2 Å². The molecule has 0 saturated heterocycles. The minimum Gasteiger partial charge on any atom is -0.326 e. The van der Waals surface area contributed by atoms with E-state index in [9.17, 15) is 9.59 Å². The first kappa shape index (κ1) is 14.9. The summed E-state index contributed by atoms with van der Waals surface area (Å²) in [6.07, 6.45) is 0.710. The predicted octanol–water partition coefficient (Wildman–Crippen LogP) is 2.34. The van der Waals surface area contributed by atoms with Crippen LogP contribution in [0.1, 0.15) is 43.9 Å². The van der Waals surface area contributed by atoms with Gasteiger partial charge in [-0.2, -0.15) is 0 Å². The Bertz CT molecular complexity index is 683. The number of rotatable bonds is 3. The van der Waals surface area contributed by atoms with Crippen LogP contribution in [0.3, 0.4) is 0 Å². The molecular formula is C15H18N4O2. The lowest BCUT2D eigenvalue weighted by molar-refractivity contribution is -0.114. The minimum absolute atomic E-state index is 0.143. The van der Waals surface area contributed by atoms with Crippen molar-refractivity contribution < 1.29 is 9.59 Å². The average Bonchev–Trinajstić information content (AvgIpc) is 2.82. The molecule has 0 atom stereocenters. The Morgan fingerprint density at radius 3 is 2.62 bits per heavy atom. The van der Waals surface area contributed by atoms with Gasteiger partial charge >= 0.3 is 0 Å². The van der Waals surface area contributed by atoms with E-state index in [0.717, 1.165) is 11.4 Å². The molecule has 0 aliphatic carbocycles. The van der Waals surface area contributed by atoms with Gasteiger partial charge in [-0.1, -0.05) is 32.1 Å². The van der Waals surface area contributed by atoms with Crippen LogP contribution in [0, 0.1) is 0 Å². The van der Waals surface area contributed by atoms with Crippen LogP contribution < -0.4 is 5.32 Å². The highest BCUT2D eigenvalue weighted by Gasteiger charge is 2.25. The van der Waals surface area contributed by atoms with Crippen molar-refractivity contribution in [2.24, 2.45) is 0 Å². The van der Waals surface area contributed by atoms with E-state index in [1.54, 1.807) is 16.8 Å². The topological polar surface area (TPSA) is 76.9 Å². The molecule has 21 heavy (non-hydrogen) atoms. The van der Waals surface area contributed by atoms with Crippen LogP contribution in [-0.2, 0) is 10.2 Å². The largest absolute Gasteiger partial charge is 0.326 e. The zero-order valence-electron chi connectivity index (χ0n) is 12.5. The number of aromatic nitrogens is 3. The highest BCUT2D eigenvalue weighted by Crippen LogP contribution is 2.27. The maximum Gasteiger partial charge on any atom is 0.221 e. The summed E-state index contributed by atoms with van der Waals surface area (Å²) in [6.45, 7) is 7.43. The van der Waals surface area contributed by atoms with Crippen molar-refractivity contribution in [1.29, 1.82) is 0 Å². The second kappa shape index (κ2) is 5.47. The molecule has 6 nitrogen and oxygen atoms in total. The number of carbonyl (C=O) groups is 2. The molecule has 0 fully saturated rings. The number of aldehydes is 1. The van der Waals surface area contributed by atoms with Gasteiger partial charge in [-0.15, -0.1) is 5.10 Å². The highest BCUT2D eigenvalue weighted by atomic mass is 16.1. The Hall–Kier alpha value is -2.50. The molecule has 1 aromatic heterocycles. The highest BCUT2D eigenvalue weighted by molar-refractivity contribution is 5.88. The molecule has 2 rings (SSSR count). The van der Waals surface area contributed by atoms with Crippen LogP contribution in [0.5, 0.6) is 0 Å². The first-order valence-corrected chi connectivity index (χ1v) is 6.62. The molecule has 0 bridgehead atoms. The fraction of sp³-hybridized carbons (Fsp3) is 0.333. The quantitative estimate of drug-likeness (QED) is 0.878. The molecule has 0 radical (unpaired) electrons. The van der Waals surface area contributed by atoms with E-state index >= 15 is 0 Å². The van der Waals surface area contributed by atoms with E-state index in [4.69, 9.17) is 0 Å². The van der Waals surface area contributed by atoms with Crippen molar-refractivity contribution in [3.63, 3.8) is 0 Å². The van der Waals surface area contributed by atoms with Crippen LogP contribution in [0.25, 0.3) is 5.69 Å². The Labute approximate surface area is 123 Å². The van der Waals surface area contributed by atoms with Crippen LogP contribution >= 0.6 is 0 Å². The second-order valence-electron chi connectivity index (χ2n) is 5.83. The molecule has 2 aromatic rings. The first-order valence-electron chi connectivity index (χ1n) is 6.62. The third-order valence-corrected chi connectivity index (χ3v) is 2.93. The number of benzene rings is 1. The molecule has 0 aliphatic heterocycles. The summed E-state index contributed by atoms with van der Waals surface area (Å²) < 4.78 is 1.63. The Kier molecular flexibility index (Phi) is 3.88. The molecule has 110 valence electrons. The molecule has 0 spiro atoms. The van der Waals surface area contributed by atoms with Gasteiger partial charge in [-0.25, -0.2) is 4.68 Å². The second-order valence-corrected chi connectivity index (χ2v) is 5.83.